The van der Waals surface area contributed by atoms with Gasteiger partial charge >= 0.3 is 0 Å². The van der Waals surface area contributed by atoms with Gasteiger partial charge in [-0.2, -0.15) is 0 Å². The van der Waals surface area contributed by atoms with Gasteiger partial charge in [-0.3, -0.25) is 4.79 Å². The predicted octanol–water partition coefficient (Wildman–Crippen LogP) is 4.17. The van der Waals surface area contributed by atoms with Crippen LogP contribution in [0.1, 0.15) is 28.8 Å². The molecular formula is C20H21Cl2NO3. The number of likely N-dealkylation sites (tertiary alicyclic amines) is 1. The number of carbonyl (C=O) groups excluding carboxylic acids is 1. The van der Waals surface area contributed by atoms with Crippen molar-refractivity contribution in [1.82, 2.24) is 4.90 Å². The van der Waals surface area contributed by atoms with E-state index >= 15 is 0 Å². The maximum atomic E-state index is 12.9. The molecule has 26 heavy (non-hydrogen) atoms. The van der Waals surface area contributed by atoms with E-state index in [0.717, 1.165) is 12.0 Å². The summed E-state index contributed by atoms with van der Waals surface area (Å²) in [4.78, 5) is 14.7. The number of methoxy groups -OCH3 is 1. The molecule has 2 aromatic carbocycles. The Hall–Kier alpha value is -1.75. The second kappa shape index (κ2) is 7.87. The molecule has 0 bridgehead atoms. The molecule has 1 aliphatic rings. The molecule has 1 amide bonds. The number of aliphatic hydroxyl groups is 1. The van der Waals surface area contributed by atoms with Gasteiger partial charge in [0.2, 0.25) is 0 Å². The van der Waals surface area contributed by atoms with Gasteiger partial charge in [-0.05, 0) is 54.8 Å². The third kappa shape index (κ3) is 3.68. The quantitative estimate of drug-likeness (QED) is 0.828. The summed E-state index contributed by atoms with van der Waals surface area (Å²) in [5, 5.41) is 10.6. The van der Waals surface area contributed by atoms with Crippen LogP contribution in [0.4, 0.5) is 0 Å². The van der Waals surface area contributed by atoms with Crippen LogP contribution in [0.15, 0.2) is 42.5 Å². The zero-order valence-corrected chi connectivity index (χ0v) is 16.1. The molecule has 6 heteroatoms. The van der Waals surface area contributed by atoms with Crippen LogP contribution in [0.25, 0.3) is 0 Å². The minimum atomic E-state index is -0.314. The highest BCUT2D eigenvalue weighted by Gasteiger charge is 2.41. The molecule has 0 radical (unpaired) electrons. The minimum Gasteiger partial charge on any atom is -0.497 e. The van der Waals surface area contributed by atoms with E-state index in [1.165, 1.54) is 0 Å². The molecule has 0 spiro atoms. The Morgan fingerprint density at radius 3 is 2.54 bits per heavy atom. The van der Waals surface area contributed by atoms with Crippen LogP contribution in [0.2, 0.25) is 10.0 Å². The average Bonchev–Trinajstić information content (AvgIpc) is 3.09. The summed E-state index contributed by atoms with van der Waals surface area (Å²) < 4.78 is 5.14. The molecule has 0 aliphatic carbocycles. The molecule has 0 saturated carbocycles. The van der Waals surface area contributed by atoms with Crippen LogP contribution in [0.5, 0.6) is 5.75 Å². The summed E-state index contributed by atoms with van der Waals surface area (Å²) in [7, 11) is 1.60. The molecular weight excluding hydrogens is 373 g/mol. The van der Waals surface area contributed by atoms with Gasteiger partial charge in [0.05, 0.1) is 17.2 Å². The second-order valence-electron chi connectivity index (χ2n) is 6.59. The van der Waals surface area contributed by atoms with Gasteiger partial charge < -0.3 is 14.7 Å². The van der Waals surface area contributed by atoms with E-state index in [1.807, 2.05) is 17.0 Å². The Bertz CT molecular complexity index is 794. The Kier molecular flexibility index (Phi) is 5.76. The molecule has 1 aliphatic heterocycles. The Labute approximate surface area is 163 Å². The molecule has 1 fully saturated rings. The summed E-state index contributed by atoms with van der Waals surface area (Å²) in [6.07, 6.45) is 1.34. The van der Waals surface area contributed by atoms with Gasteiger partial charge in [0, 0.05) is 30.7 Å². The highest BCUT2D eigenvalue weighted by molar-refractivity contribution is 6.42. The van der Waals surface area contributed by atoms with E-state index in [2.05, 4.69) is 0 Å². The standard InChI is InChI=1S/C20H21Cl2NO3/c1-26-16-5-2-14(3-6-16)19(25)23-10-8-20(13-23,9-11-24)15-4-7-17(21)18(22)12-15/h2-7,12,24H,8-11,13H2,1H3. The Morgan fingerprint density at radius 1 is 1.19 bits per heavy atom. The number of rotatable bonds is 5. The summed E-state index contributed by atoms with van der Waals surface area (Å²) in [5.74, 6) is 0.695. The molecule has 1 saturated heterocycles. The largest absolute Gasteiger partial charge is 0.497 e. The number of amides is 1. The third-order valence-electron chi connectivity index (χ3n) is 5.10. The van der Waals surface area contributed by atoms with Gasteiger partial charge in [-0.25, -0.2) is 0 Å². The van der Waals surface area contributed by atoms with Gasteiger partial charge in [-0.1, -0.05) is 29.3 Å². The molecule has 4 nitrogen and oxygen atoms in total. The van der Waals surface area contributed by atoms with E-state index in [0.29, 0.717) is 40.9 Å². The van der Waals surface area contributed by atoms with E-state index in [-0.39, 0.29) is 17.9 Å². The highest BCUT2D eigenvalue weighted by atomic mass is 35.5. The lowest BCUT2D eigenvalue weighted by Gasteiger charge is -2.30. The lowest BCUT2D eigenvalue weighted by Crippen LogP contribution is -2.35. The van der Waals surface area contributed by atoms with Crippen LogP contribution >= 0.6 is 23.2 Å². The van der Waals surface area contributed by atoms with Crippen LogP contribution in [-0.2, 0) is 5.41 Å². The lowest BCUT2D eigenvalue weighted by atomic mass is 9.77. The van der Waals surface area contributed by atoms with Crippen molar-refractivity contribution < 1.29 is 14.6 Å². The Balaban J connectivity index is 1.84. The SMILES string of the molecule is COc1ccc(C(=O)N2CCC(CCO)(c3ccc(Cl)c(Cl)c3)C2)cc1. The maximum Gasteiger partial charge on any atom is 0.253 e. The number of aliphatic hydroxyl groups excluding tert-OH is 1. The lowest BCUT2D eigenvalue weighted by molar-refractivity contribution is 0.0779. The van der Waals surface area contributed by atoms with Gasteiger partial charge in [0.1, 0.15) is 5.75 Å². The van der Waals surface area contributed by atoms with Crippen LogP contribution < -0.4 is 4.74 Å². The highest BCUT2D eigenvalue weighted by Crippen LogP contribution is 2.40. The predicted molar refractivity (Wildman–Crippen MR) is 103 cm³/mol. The number of carbonyl (C=O) groups is 1. The molecule has 0 aromatic heterocycles. The van der Waals surface area contributed by atoms with Crippen molar-refractivity contribution in [2.45, 2.75) is 18.3 Å². The number of benzene rings is 2. The number of ether oxygens (including phenoxy) is 1. The first-order chi connectivity index (χ1) is 12.5. The van der Waals surface area contributed by atoms with E-state index in [4.69, 9.17) is 27.9 Å². The molecule has 1 unspecified atom stereocenters. The van der Waals surface area contributed by atoms with Crippen LogP contribution in [0, 0.1) is 0 Å². The molecule has 1 heterocycles. The number of nitrogens with zero attached hydrogens (tertiary/aromatic N) is 1. The average molecular weight is 394 g/mol. The first kappa shape index (κ1) is 19.0. The topological polar surface area (TPSA) is 49.8 Å². The fourth-order valence-corrected chi connectivity index (χ4v) is 3.88. The zero-order valence-electron chi connectivity index (χ0n) is 14.5. The number of halogens is 2. The molecule has 1 atom stereocenters. The first-order valence-electron chi connectivity index (χ1n) is 8.49. The van der Waals surface area contributed by atoms with Crippen molar-refractivity contribution in [3.8, 4) is 5.75 Å². The van der Waals surface area contributed by atoms with Crippen molar-refractivity contribution in [3.05, 3.63) is 63.6 Å². The second-order valence-corrected chi connectivity index (χ2v) is 7.40. The van der Waals surface area contributed by atoms with Crippen molar-refractivity contribution in [2.75, 3.05) is 26.8 Å². The van der Waals surface area contributed by atoms with Crippen LogP contribution in [-0.4, -0.2) is 42.7 Å². The first-order valence-corrected chi connectivity index (χ1v) is 9.24. The summed E-state index contributed by atoms with van der Waals surface area (Å²) in [6.45, 7) is 1.21. The third-order valence-corrected chi connectivity index (χ3v) is 5.84. The monoisotopic (exact) mass is 393 g/mol. The van der Waals surface area contributed by atoms with Crippen molar-refractivity contribution in [3.63, 3.8) is 0 Å². The van der Waals surface area contributed by atoms with Gasteiger partial charge in [0.15, 0.2) is 0 Å². The normalized spacial score (nSPS) is 19.6. The molecule has 2 aromatic rings. The summed E-state index contributed by atoms with van der Waals surface area (Å²) in [5.41, 5.74) is 1.32. The molecule has 3 rings (SSSR count). The summed E-state index contributed by atoms with van der Waals surface area (Å²) >= 11 is 12.2. The minimum absolute atomic E-state index is 0.0208. The van der Waals surface area contributed by atoms with Gasteiger partial charge in [-0.15, -0.1) is 0 Å². The zero-order chi connectivity index (χ0) is 18.7. The smallest absolute Gasteiger partial charge is 0.253 e. The number of hydrogen-bond donors (Lipinski definition) is 1. The summed E-state index contributed by atoms with van der Waals surface area (Å²) in [6, 6.07) is 12.7. The van der Waals surface area contributed by atoms with E-state index in [1.54, 1.807) is 37.4 Å². The van der Waals surface area contributed by atoms with E-state index < -0.39 is 0 Å². The van der Waals surface area contributed by atoms with E-state index in [9.17, 15) is 9.90 Å². The fraction of sp³-hybridized carbons (Fsp3) is 0.350. The number of hydrogen-bond acceptors (Lipinski definition) is 3. The van der Waals surface area contributed by atoms with Crippen molar-refractivity contribution in [1.29, 1.82) is 0 Å². The van der Waals surface area contributed by atoms with Crippen molar-refractivity contribution >= 4 is 29.1 Å². The van der Waals surface area contributed by atoms with Gasteiger partial charge in [0.25, 0.3) is 5.91 Å². The Morgan fingerprint density at radius 2 is 1.92 bits per heavy atom. The molecule has 138 valence electrons. The fourth-order valence-electron chi connectivity index (χ4n) is 3.59. The van der Waals surface area contributed by atoms with Crippen molar-refractivity contribution in [2.24, 2.45) is 0 Å². The molecule has 1 N–H and O–H groups in total. The van der Waals surface area contributed by atoms with Crippen LogP contribution in [0.3, 0.4) is 0 Å². The maximum absolute atomic E-state index is 12.9.